The summed E-state index contributed by atoms with van der Waals surface area (Å²) < 4.78 is 9.87. The fraction of sp³-hybridized carbons (Fsp3) is 0.909. The first-order valence-electron chi connectivity index (χ1n) is 5.45. The Morgan fingerprint density at radius 1 is 0.933 bits per heavy atom. The number of unbranched alkanes of at least 4 members (excludes halogenated alkanes) is 2. The van der Waals surface area contributed by atoms with Gasteiger partial charge in [-0.3, -0.25) is 4.79 Å². The highest BCUT2D eigenvalue weighted by molar-refractivity contribution is 5.47. The van der Waals surface area contributed by atoms with Crippen molar-refractivity contribution in [3.63, 3.8) is 0 Å². The van der Waals surface area contributed by atoms with Crippen LogP contribution >= 0.6 is 0 Å². The molecule has 0 saturated carbocycles. The van der Waals surface area contributed by atoms with Crippen molar-refractivity contribution in [2.45, 2.75) is 25.7 Å². The molecule has 15 heavy (non-hydrogen) atoms. The van der Waals surface area contributed by atoms with E-state index in [9.17, 15) is 4.79 Å². The van der Waals surface area contributed by atoms with Crippen LogP contribution in [0.5, 0.6) is 0 Å². The van der Waals surface area contributed by atoms with Gasteiger partial charge in [0.15, 0.2) is 0 Å². The summed E-state index contributed by atoms with van der Waals surface area (Å²) in [6.45, 7) is 3.08. The molecule has 89 valence electrons. The van der Waals surface area contributed by atoms with Gasteiger partial charge in [0.1, 0.15) is 0 Å². The van der Waals surface area contributed by atoms with E-state index in [1.54, 1.807) is 19.1 Å². The van der Waals surface area contributed by atoms with E-state index in [-0.39, 0.29) is 0 Å². The molecule has 0 spiro atoms. The predicted octanol–water partition coefficient (Wildman–Crippen LogP) is 1.21. The highest BCUT2D eigenvalue weighted by Crippen LogP contribution is 1.97. The predicted molar refractivity (Wildman–Crippen MR) is 59.5 cm³/mol. The van der Waals surface area contributed by atoms with Crippen LogP contribution in [0.25, 0.3) is 0 Å². The van der Waals surface area contributed by atoms with Gasteiger partial charge in [-0.1, -0.05) is 0 Å². The molecule has 0 rings (SSSR count). The molecular weight excluding hydrogens is 194 g/mol. The molecule has 0 aromatic heterocycles. The SMILES string of the molecule is COCCCCN([C]=O)CCCCOC. The second-order valence-corrected chi connectivity index (χ2v) is 3.48. The van der Waals surface area contributed by atoms with E-state index in [2.05, 4.69) is 0 Å². The van der Waals surface area contributed by atoms with E-state index in [0.29, 0.717) is 0 Å². The van der Waals surface area contributed by atoms with Crippen molar-refractivity contribution in [2.75, 3.05) is 40.5 Å². The molecule has 0 bridgehead atoms. The van der Waals surface area contributed by atoms with Gasteiger partial charge in [-0.05, 0) is 25.7 Å². The quantitative estimate of drug-likeness (QED) is 0.385. The lowest BCUT2D eigenvalue weighted by Crippen LogP contribution is -2.24. The van der Waals surface area contributed by atoms with Gasteiger partial charge in [0.2, 0.25) is 0 Å². The summed E-state index contributed by atoms with van der Waals surface area (Å²) in [5, 5.41) is 0. The fourth-order valence-electron chi connectivity index (χ4n) is 1.30. The molecule has 0 fully saturated rings. The van der Waals surface area contributed by atoms with E-state index in [4.69, 9.17) is 9.47 Å². The standard InChI is InChI=1S/C11H22NO3/c1-14-9-5-3-7-12(11-13)8-4-6-10-15-2/h3-10H2,1-2H3. The summed E-state index contributed by atoms with van der Waals surface area (Å²) in [6.07, 6.45) is 5.90. The maximum Gasteiger partial charge on any atom is 0.312 e. The van der Waals surface area contributed by atoms with Crippen molar-refractivity contribution in [1.82, 2.24) is 4.90 Å². The minimum Gasteiger partial charge on any atom is -0.385 e. The Morgan fingerprint density at radius 3 is 1.73 bits per heavy atom. The Morgan fingerprint density at radius 2 is 1.40 bits per heavy atom. The number of rotatable bonds is 11. The van der Waals surface area contributed by atoms with E-state index >= 15 is 0 Å². The van der Waals surface area contributed by atoms with Crippen LogP contribution < -0.4 is 0 Å². The molecule has 1 amide bonds. The lowest BCUT2D eigenvalue weighted by Gasteiger charge is -2.15. The van der Waals surface area contributed by atoms with Crippen molar-refractivity contribution in [3.8, 4) is 0 Å². The van der Waals surface area contributed by atoms with E-state index < -0.39 is 0 Å². The third-order valence-corrected chi connectivity index (χ3v) is 2.18. The van der Waals surface area contributed by atoms with Crippen LogP contribution in [0.15, 0.2) is 0 Å². The second-order valence-electron chi connectivity index (χ2n) is 3.48. The smallest absolute Gasteiger partial charge is 0.312 e. The third kappa shape index (κ3) is 9.69. The van der Waals surface area contributed by atoms with Gasteiger partial charge in [0, 0.05) is 40.5 Å². The van der Waals surface area contributed by atoms with Crippen LogP contribution in [0.1, 0.15) is 25.7 Å². The van der Waals surface area contributed by atoms with Gasteiger partial charge in [-0.15, -0.1) is 0 Å². The molecule has 4 nitrogen and oxygen atoms in total. The molecule has 0 unspecified atom stereocenters. The van der Waals surface area contributed by atoms with Crippen LogP contribution in [0.3, 0.4) is 0 Å². The van der Waals surface area contributed by atoms with Gasteiger partial charge < -0.3 is 14.4 Å². The zero-order chi connectivity index (χ0) is 11.4. The number of nitrogens with zero attached hydrogens (tertiary/aromatic N) is 1. The molecule has 0 aromatic carbocycles. The van der Waals surface area contributed by atoms with Crippen LogP contribution in [0, 0.1) is 0 Å². The fourth-order valence-corrected chi connectivity index (χ4v) is 1.30. The number of hydrogen-bond acceptors (Lipinski definition) is 3. The Bertz CT molecular complexity index is 130. The topological polar surface area (TPSA) is 38.8 Å². The summed E-state index contributed by atoms with van der Waals surface area (Å²) in [6, 6.07) is 0. The first-order valence-corrected chi connectivity index (χ1v) is 5.45. The summed E-state index contributed by atoms with van der Waals surface area (Å²) in [4.78, 5) is 12.3. The molecule has 0 aromatic rings. The number of carbonyl (C=O) groups excluding carboxylic acids is 1. The molecule has 0 saturated heterocycles. The minimum absolute atomic E-state index is 0.760. The van der Waals surface area contributed by atoms with Crippen LogP contribution in [0.4, 0.5) is 0 Å². The van der Waals surface area contributed by atoms with Crippen molar-refractivity contribution in [1.29, 1.82) is 0 Å². The van der Waals surface area contributed by atoms with E-state index in [0.717, 1.165) is 52.0 Å². The van der Waals surface area contributed by atoms with Crippen molar-refractivity contribution in [2.24, 2.45) is 0 Å². The molecule has 0 aliphatic carbocycles. The summed E-state index contributed by atoms with van der Waals surface area (Å²) >= 11 is 0. The summed E-state index contributed by atoms with van der Waals surface area (Å²) in [5.41, 5.74) is 0. The van der Waals surface area contributed by atoms with Crippen molar-refractivity contribution in [3.05, 3.63) is 0 Å². The number of methoxy groups -OCH3 is 2. The van der Waals surface area contributed by atoms with Crippen molar-refractivity contribution >= 4 is 6.41 Å². The average molecular weight is 216 g/mol. The molecular formula is C11H22NO3. The van der Waals surface area contributed by atoms with Gasteiger partial charge in [0.25, 0.3) is 0 Å². The first kappa shape index (κ1) is 14.4. The van der Waals surface area contributed by atoms with Gasteiger partial charge in [-0.2, -0.15) is 0 Å². The Labute approximate surface area is 92.5 Å². The Balaban J connectivity index is 3.34. The van der Waals surface area contributed by atoms with E-state index in [1.165, 1.54) is 0 Å². The highest BCUT2D eigenvalue weighted by atomic mass is 16.5. The average Bonchev–Trinajstić information content (AvgIpc) is 2.27. The first-order chi connectivity index (χ1) is 7.35. The zero-order valence-corrected chi connectivity index (χ0v) is 9.83. The normalized spacial score (nSPS) is 10.3. The van der Waals surface area contributed by atoms with Gasteiger partial charge in [-0.25, -0.2) is 0 Å². The molecule has 0 N–H and O–H groups in total. The monoisotopic (exact) mass is 216 g/mol. The van der Waals surface area contributed by atoms with Crippen molar-refractivity contribution < 1.29 is 14.3 Å². The second kappa shape index (κ2) is 11.5. The number of amides is 1. The zero-order valence-electron chi connectivity index (χ0n) is 9.83. The molecule has 0 heterocycles. The number of hydrogen-bond donors (Lipinski definition) is 0. The maximum absolute atomic E-state index is 10.6. The molecule has 0 aliphatic heterocycles. The minimum atomic E-state index is 0.760. The molecule has 0 aliphatic rings. The lowest BCUT2D eigenvalue weighted by atomic mass is 10.2. The number of ether oxygens (including phenoxy) is 2. The maximum atomic E-state index is 10.6. The lowest BCUT2D eigenvalue weighted by molar-refractivity contribution is 0.184. The Kier molecular flexibility index (Phi) is 11.0. The third-order valence-electron chi connectivity index (χ3n) is 2.18. The van der Waals surface area contributed by atoms with Gasteiger partial charge >= 0.3 is 6.41 Å². The summed E-state index contributed by atoms with van der Waals surface area (Å²) in [5.74, 6) is 0. The molecule has 1 radical (unpaired) electrons. The summed E-state index contributed by atoms with van der Waals surface area (Å²) in [7, 11) is 3.38. The van der Waals surface area contributed by atoms with Crippen LogP contribution in [-0.4, -0.2) is 51.8 Å². The van der Waals surface area contributed by atoms with Gasteiger partial charge in [0.05, 0.1) is 0 Å². The molecule has 0 atom stereocenters. The largest absolute Gasteiger partial charge is 0.385 e. The van der Waals surface area contributed by atoms with E-state index in [1.807, 2.05) is 6.41 Å². The Hall–Kier alpha value is -0.610. The van der Waals surface area contributed by atoms with Crippen LogP contribution in [0.2, 0.25) is 0 Å². The molecule has 4 heteroatoms. The highest BCUT2D eigenvalue weighted by Gasteiger charge is 2.01. The van der Waals surface area contributed by atoms with Crippen LogP contribution in [-0.2, 0) is 14.3 Å².